The van der Waals surface area contributed by atoms with E-state index >= 15 is 0 Å². The van der Waals surface area contributed by atoms with E-state index in [4.69, 9.17) is 16.8 Å². The third-order valence-electron chi connectivity index (χ3n) is 1.94. The highest BCUT2D eigenvalue weighted by molar-refractivity contribution is 7.17. The summed E-state index contributed by atoms with van der Waals surface area (Å²) < 4.78 is 0. The summed E-state index contributed by atoms with van der Waals surface area (Å²) in [6.45, 7) is 0. The van der Waals surface area contributed by atoms with Crippen molar-refractivity contribution in [3.8, 4) is 10.4 Å². The van der Waals surface area contributed by atoms with Crippen molar-refractivity contribution in [2.24, 2.45) is 5.16 Å². The maximum atomic E-state index is 8.39. The van der Waals surface area contributed by atoms with Gasteiger partial charge in [-0.3, -0.25) is 0 Å². The third-order valence-corrected chi connectivity index (χ3v) is 3.26. The quantitative estimate of drug-likeness (QED) is 0.480. The number of benzene rings is 1. The molecule has 15 heavy (non-hydrogen) atoms. The van der Waals surface area contributed by atoms with E-state index in [0.29, 0.717) is 0 Å². The molecule has 0 atom stereocenters. The van der Waals surface area contributed by atoms with Gasteiger partial charge in [0, 0.05) is 14.8 Å². The Balaban J connectivity index is 2.33. The molecule has 0 aliphatic rings. The van der Waals surface area contributed by atoms with E-state index in [1.54, 1.807) is 11.3 Å². The van der Waals surface area contributed by atoms with Crippen LogP contribution in [0.3, 0.4) is 0 Å². The van der Waals surface area contributed by atoms with Crippen LogP contribution < -0.4 is 0 Å². The average Bonchev–Trinajstić information content (AvgIpc) is 2.68. The van der Waals surface area contributed by atoms with E-state index in [9.17, 15) is 0 Å². The minimum Gasteiger partial charge on any atom is -0.411 e. The van der Waals surface area contributed by atoms with Gasteiger partial charge in [-0.25, -0.2) is 0 Å². The monoisotopic (exact) mass is 237 g/mol. The Morgan fingerprint density at radius 2 is 1.87 bits per heavy atom. The first kappa shape index (κ1) is 10.2. The highest BCUT2D eigenvalue weighted by Crippen LogP contribution is 2.28. The van der Waals surface area contributed by atoms with E-state index in [-0.39, 0.29) is 0 Å². The van der Waals surface area contributed by atoms with Crippen molar-refractivity contribution in [1.82, 2.24) is 0 Å². The fourth-order valence-corrected chi connectivity index (χ4v) is 2.25. The first-order valence-electron chi connectivity index (χ1n) is 4.33. The highest BCUT2D eigenvalue weighted by atomic mass is 35.5. The Morgan fingerprint density at radius 1 is 1.13 bits per heavy atom. The van der Waals surface area contributed by atoms with Gasteiger partial charge in [-0.1, -0.05) is 28.9 Å². The highest BCUT2D eigenvalue weighted by Gasteiger charge is 2.01. The number of hydrogen-bond acceptors (Lipinski definition) is 3. The smallest absolute Gasteiger partial charge is 0.0833 e. The Bertz CT molecular complexity index is 476. The molecule has 1 N–H and O–H groups in total. The third kappa shape index (κ3) is 2.37. The maximum Gasteiger partial charge on any atom is 0.0833 e. The van der Waals surface area contributed by atoms with Crippen LogP contribution >= 0.6 is 22.9 Å². The second-order valence-corrected chi connectivity index (χ2v) is 4.51. The molecule has 0 spiro atoms. The maximum absolute atomic E-state index is 8.39. The minimum absolute atomic E-state index is 0.729. The minimum atomic E-state index is 0.729. The molecule has 2 aromatic rings. The van der Waals surface area contributed by atoms with Crippen LogP contribution in [-0.2, 0) is 0 Å². The largest absolute Gasteiger partial charge is 0.411 e. The zero-order valence-corrected chi connectivity index (χ0v) is 9.29. The normalized spacial score (nSPS) is 11.0. The molecular formula is C11H8ClNOS. The molecule has 4 heteroatoms. The van der Waals surface area contributed by atoms with Crippen LogP contribution in [0.4, 0.5) is 0 Å². The number of hydrogen-bond donors (Lipinski definition) is 1. The predicted octanol–water partition coefficient (Wildman–Crippen LogP) is 3.88. The second kappa shape index (κ2) is 4.47. The van der Waals surface area contributed by atoms with Gasteiger partial charge in [0.2, 0.25) is 0 Å². The summed E-state index contributed by atoms with van der Waals surface area (Å²) in [5.41, 5.74) is 1.11. The molecule has 1 aromatic carbocycles. The summed E-state index contributed by atoms with van der Waals surface area (Å²) in [6, 6.07) is 11.5. The number of thiophene rings is 1. The van der Waals surface area contributed by atoms with Crippen molar-refractivity contribution in [1.29, 1.82) is 0 Å². The van der Waals surface area contributed by atoms with E-state index in [2.05, 4.69) is 5.16 Å². The summed E-state index contributed by atoms with van der Waals surface area (Å²) in [5.74, 6) is 0. The molecule has 0 radical (unpaired) electrons. The van der Waals surface area contributed by atoms with Gasteiger partial charge in [0.25, 0.3) is 0 Å². The van der Waals surface area contributed by atoms with Crippen molar-refractivity contribution in [3.05, 3.63) is 46.3 Å². The summed E-state index contributed by atoms with van der Waals surface area (Å²) in [7, 11) is 0. The summed E-state index contributed by atoms with van der Waals surface area (Å²) >= 11 is 7.37. The first-order chi connectivity index (χ1) is 7.29. The lowest BCUT2D eigenvalue weighted by Gasteiger charge is -1.96. The van der Waals surface area contributed by atoms with E-state index in [1.165, 1.54) is 6.21 Å². The van der Waals surface area contributed by atoms with Gasteiger partial charge in [0.1, 0.15) is 0 Å². The van der Waals surface area contributed by atoms with Gasteiger partial charge in [-0.15, -0.1) is 11.3 Å². The van der Waals surface area contributed by atoms with E-state index in [0.717, 1.165) is 20.3 Å². The molecule has 0 amide bonds. The van der Waals surface area contributed by atoms with Crippen LogP contribution in [0.2, 0.25) is 5.02 Å². The van der Waals surface area contributed by atoms with E-state index in [1.807, 2.05) is 36.4 Å². The molecule has 0 fully saturated rings. The fraction of sp³-hybridized carbons (Fsp3) is 0. The molecule has 1 heterocycles. The number of oxime groups is 1. The summed E-state index contributed by atoms with van der Waals surface area (Å²) in [4.78, 5) is 2.05. The Morgan fingerprint density at radius 3 is 2.53 bits per heavy atom. The lowest BCUT2D eigenvalue weighted by molar-refractivity contribution is 0.322. The van der Waals surface area contributed by atoms with Crippen molar-refractivity contribution in [2.75, 3.05) is 0 Å². The van der Waals surface area contributed by atoms with Crippen LogP contribution in [0.15, 0.2) is 41.6 Å². The predicted molar refractivity (Wildman–Crippen MR) is 64.1 cm³/mol. The van der Waals surface area contributed by atoms with Crippen molar-refractivity contribution < 1.29 is 5.21 Å². The number of nitrogens with zero attached hydrogens (tertiary/aromatic N) is 1. The molecule has 1 aromatic heterocycles. The second-order valence-electron chi connectivity index (χ2n) is 2.95. The lowest BCUT2D eigenvalue weighted by Crippen LogP contribution is -1.70. The molecule has 76 valence electrons. The first-order valence-corrected chi connectivity index (χ1v) is 5.52. The average molecular weight is 238 g/mol. The van der Waals surface area contributed by atoms with E-state index < -0.39 is 0 Å². The topological polar surface area (TPSA) is 32.6 Å². The molecule has 2 nitrogen and oxygen atoms in total. The van der Waals surface area contributed by atoms with Crippen LogP contribution in [0.25, 0.3) is 10.4 Å². The van der Waals surface area contributed by atoms with Crippen LogP contribution in [0.1, 0.15) is 4.88 Å². The zero-order chi connectivity index (χ0) is 10.7. The van der Waals surface area contributed by atoms with Crippen LogP contribution in [0.5, 0.6) is 0 Å². The molecule has 0 saturated heterocycles. The van der Waals surface area contributed by atoms with Crippen molar-refractivity contribution in [2.45, 2.75) is 0 Å². The molecular weight excluding hydrogens is 230 g/mol. The Labute approximate surface area is 96.4 Å². The molecule has 0 saturated carbocycles. The van der Waals surface area contributed by atoms with Crippen molar-refractivity contribution >= 4 is 29.2 Å². The number of halogens is 1. The van der Waals surface area contributed by atoms with Gasteiger partial charge in [0.05, 0.1) is 6.21 Å². The van der Waals surface area contributed by atoms with Gasteiger partial charge >= 0.3 is 0 Å². The van der Waals surface area contributed by atoms with Gasteiger partial charge < -0.3 is 5.21 Å². The van der Waals surface area contributed by atoms with Gasteiger partial charge in [0.15, 0.2) is 0 Å². The molecule has 0 aliphatic heterocycles. The zero-order valence-electron chi connectivity index (χ0n) is 7.72. The summed E-state index contributed by atoms with van der Waals surface area (Å²) in [6.07, 6.45) is 1.42. The SMILES string of the molecule is O/N=C/c1ccc(-c2ccc(Cl)cc2)s1. The molecule has 0 bridgehead atoms. The standard InChI is InChI=1S/C11H8ClNOS/c12-9-3-1-8(2-4-9)11-6-5-10(15-11)7-13-14/h1-7,14H/b13-7+. The lowest BCUT2D eigenvalue weighted by atomic mass is 10.2. The Hall–Kier alpha value is -1.32. The van der Waals surface area contributed by atoms with Gasteiger partial charge in [-0.2, -0.15) is 0 Å². The number of rotatable bonds is 2. The van der Waals surface area contributed by atoms with Crippen LogP contribution in [-0.4, -0.2) is 11.4 Å². The van der Waals surface area contributed by atoms with Crippen LogP contribution in [0, 0.1) is 0 Å². The molecule has 2 rings (SSSR count). The van der Waals surface area contributed by atoms with Crippen molar-refractivity contribution in [3.63, 3.8) is 0 Å². The summed E-state index contributed by atoms with van der Waals surface area (Å²) in [5, 5.41) is 12.1. The Kier molecular flexibility index (Phi) is 3.04. The molecule has 0 unspecified atom stereocenters. The van der Waals surface area contributed by atoms with Gasteiger partial charge in [-0.05, 0) is 29.8 Å². The fourth-order valence-electron chi connectivity index (χ4n) is 1.25. The molecule has 0 aliphatic carbocycles.